The summed E-state index contributed by atoms with van der Waals surface area (Å²) in [6, 6.07) is 22.1. The molecule has 1 atom stereocenters. The van der Waals surface area contributed by atoms with Crippen molar-refractivity contribution >= 4 is 11.9 Å². The number of carbonyl (C=O) groups is 2. The van der Waals surface area contributed by atoms with E-state index in [1.165, 1.54) is 0 Å². The lowest BCUT2D eigenvalue weighted by Crippen LogP contribution is -2.16. The van der Waals surface area contributed by atoms with Gasteiger partial charge in [-0.2, -0.15) is 0 Å². The van der Waals surface area contributed by atoms with Crippen LogP contribution in [0.1, 0.15) is 46.0 Å². The van der Waals surface area contributed by atoms with Gasteiger partial charge < -0.3 is 20.3 Å². The SMILES string of the molecule is Cc1ccccc1C(CCC(=O)O)Oc1cc(OCc2ccccc2)ccc1C(N)=O. The number of aliphatic carboxylic acids is 1. The van der Waals surface area contributed by atoms with E-state index in [1.54, 1.807) is 18.2 Å². The average Bonchev–Trinajstić information content (AvgIpc) is 2.76. The number of carboxylic acid groups (broad SMARTS) is 1. The molecule has 6 heteroatoms. The van der Waals surface area contributed by atoms with E-state index < -0.39 is 18.0 Å². The minimum Gasteiger partial charge on any atom is -0.489 e. The maximum Gasteiger partial charge on any atom is 0.303 e. The number of nitrogens with two attached hydrogens (primary N) is 1. The molecule has 3 aromatic rings. The molecular formula is C25H25NO5. The third-order valence-corrected chi connectivity index (χ3v) is 4.89. The number of carboxylic acids is 1. The number of ether oxygens (including phenoxy) is 2. The highest BCUT2D eigenvalue weighted by Crippen LogP contribution is 2.33. The number of rotatable bonds is 10. The minimum atomic E-state index is -0.919. The Balaban J connectivity index is 1.88. The molecule has 31 heavy (non-hydrogen) atoms. The number of aryl methyl sites for hydroxylation is 1. The molecule has 3 aromatic carbocycles. The number of carbonyl (C=O) groups excluding carboxylic acids is 1. The van der Waals surface area contributed by atoms with Crippen LogP contribution in [0.5, 0.6) is 11.5 Å². The smallest absolute Gasteiger partial charge is 0.303 e. The summed E-state index contributed by atoms with van der Waals surface area (Å²) < 4.78 is 12.0. The van der Waals surface area contributed by atoms with Crippen molar-refractivity contribution in [2.75, 3.05) is 0 Å². The summed E-state index contributed by atoms with van der Waals surface area (Å²) in [6.45, 7) is 2.29. The van der Waals surface area contributed by atoms with Gasteiger partial charge in [-0.1, -0.05) is 54.6 Å². The quantitative estimate of drug-likeness (QED) is 0.498. The zero-order valence-electron chi connectivity index (χ0n) is 17.3. The Morgan fingerprint density at radius 3 is 2.39 bits per heavy atom. The largest absolute Gasteiger partial charge is 0.489 e. The normalized spacial score (nSPS) is 11.5. The van der Waals surface area contributed by atoms with Crippen LogP contribution in [0, 0.1) is 6.92 Å². The predicted molar refractivity (Wildman–Crippen MR) is 117 cm³/mol. The van der Waals surface area contributed by atoms with Crippen LogP contribution in [-0.2, 0) is 11.4 Å². The highest BCUT2D eigenvalue weighted by atomic mass is 16.5. The van der Waals surface area contributed by atoms with Crippen LogP contribution in [0.3, 0.4) is 0 Å². The third-order valence-electron chi connectivity index (χ3n) is 4.89. The lowest BCUT2D eigenvalue weighted by Gasteiger charge is -2.22. The summed E-state index contributed by atoms with van der Waals surface area (Å²) in [5.74, 6) is -0.772. The molecule has 0 aliphatic heterocycles. The molecule has 0 fully saturated rings. The maximum absolute atomic E-state index is 12.0. The van der Waals surface area contributed by atoms with Crippen LogP contribution >= 0.6 is 0 Å². The first-order chi connectivity index (χ1) is 14.9. The van der Waals surface area contributed by atoms with Gasteiger partial charge in [-0.25, -0.2) is 0 Å². The van der Waals surface area contributed by atoms with Crippen LogP contribution in [0.25, 0.3) is 0 Å². The van der Waals surface area contributed by atoms with E-state index in [0.29, 0.717) is 12.4 Å². The van der Waals surface area contributed by atoms with Gasteiger partial charge in [0, 0.05) is 12.5 Å². The predicted octanol–water partition coefficient (Wildman–Crippen LogP) is 4.66. The van der Waals surface area contributed by atoms with E-state index in [4.69, 9.17) is 20.3 Å². The number of benzene rings is 3. The molecule has 160 valence electrons. The molecule has 0 aliphatic carbocycles. The molecular weight excluding hydrogens is 394 g/mol. The van der Waals surface area contributed by atoms with E-state index >= 15 is 0 Å². The highest BCUT2D eigenvalue weighted by Gasteiger charge is 2.20. The molecule has 0 saturated carbocycles. The fourth-order valence-corrected chi connectivity index (χ4v) is 3.27. The number of primary amides is 1. The first-order valence-electron chi connectivity index (χ1n) is 9.98. The zero-order valence-corrected chi connectivity index (χ0v) is 17.3. The Hall–Kier alpha value is -3.80. The van der Waals surface area contributed by atoms with Gasteiger partial charge in [-0.05, 0) is 42.2 Å². The second-order valence-corrected chi connectivity index (χ2v) is 7.19. The molecule has 0 heterocycles. The van der Waals surface area contributed by atoms with Crippen LogP contribution in [0.2, 0.25) is 0 Å². The number of amides is 1. The van der Waals surface area contributed by atoms with Crippen LogP contribution < -0.4 is 15.2 Å². The summed E-state index contributed by atoms with van der Waals surface area (Å²) in [5.41, 5.74) is 8.58. The van der Waals surface area contributed by atoms with Gasteiger partial charge in [-0.3, -0.25) is 9.59 Å². The molecule has 0 aliphatic rings. The third kappa shape index (κ3) is 6.09. The van der Waals surface area contributed by atoms with E-state index in [2.05, 4.69) is 0 Å². The fraction of sp³-hybridized carbons (Fsp3) is 0.200. The van der Waals surface area contributed by atoms with Crippen LogP contribution in [-0.4, -0.2) is 17.0 Å². The summed E-state index contributed by atoms with van der Waals surface area (Å²) in [5, 5.41) is 9.16. The molecule has 0 spiro atoms. The number of hydrogen-bond acceptors (Lipinski definition) is 4. The van der Waals surface area contributed by atoms with Crippen molar-refractivity contribution in [3.8, 4) is 11.5 Å². The van der Waals surface area contributed by atoms with Gasteiger partial charge in [0.1, 0.15) is 24.2 Å². The Labute approximate surface area is 181 Å². The number of hydrogen-bond donors (Lipinski definition) is 2. The minimum absolute atomic E-state index is 0.0743. The van der Waals surface area contributed by atoms with Crippen LogP contribution in [0.15, 0.2) is 72.8 Å². The van der Waals surface area contributed by atoms with Crippen molar-refractivity contribution in [2.24, 2.45) is 5.73 Å². The van der Waals surface area contributed by atoms with Crippen molar-refractivity contribution in [1.29, 1.82) is 0 Å². The van der Waals surface area contributed by atoms with E-state index in [-0.39, 0.29) is 24.2 Å². The Bertz CT molecular complexity index is 1050. The van der Waals surface area contributed by atoms with Crippen LogP contribution in [0.4, 0.5) is 0 Å². The Kier molecular flexibility index (Phi) is 7.27. The van der Waals surface area contributed by atoms with E-state index in [0.717, 1.165) is 16.7 Å². The zero-order chi connectivity index (χ0) is 22.2. The Morgan fingerprint density at radius 2 is 1.71 bits per heavy atom. The van der Waals surface area contributed by atoms with E-state index in [1.807, 2.05) is 61.5 Å². The molecule has 0 aromatic heterocycles. The molecule has 1 unspecified atom stereocenters. The van der Waals surface area contributed by atoms with Gasteiger partial charge in [-0.15, -0.1) is 0 Å². The van der Waals surface area contributed by atoms with E-state index in [9.17, 15) is 9.59 Å². The van der Waals surface area contributed by atoms with Crippen molar-refractivity contribution in [2.45, 2.75) is 32.5 Å². The lowest BCUT2D eigenvalue weighted by atomic mass is 9.99. The maximum atomic E-state index is 12.0. The molecule has 0 bridgehead atoms. The average molecular weight is 419 g/mol. The fourth-order valence-electron chi connectivity index (χ4n) is 3.27. The highest BCUT2D eigenvalue weighted by molar-refractivity contribution is 5.95. The van der Waals surface area contributed by atoms with Gasteiger partial charge >= 0.3 is 5.97 Å². The molecule has 6 nitrogen and oxygen atoms in total. The lowest BCUT2D eigenvalue weighted by molar-refractivity contribution is -0.137. The molecule has 1 amide bonds. The first-order valence-corrected chi connectivity index (χ1v) is 9.98. The van der Waals surface area contributed by atoms with Gasteiger partial charge in [0.05, 0.1) is 5.56 Å². The second kappa shape index (κ2) is 10.3. The molecule has 3 N–H and O–H groups in total. The molecule has 0 saturated heterocycles. The monoisotopic (exact) mass is 419 g/mol. The standard InChI is InChI=1S/C25H25NO5/c1-17-7-5-6-10-20(17)22(13-14-24(27)28)31-23-15-19(11-12-21(23)25(26)29)30-16-18-8-3-2-4-9-18/h2-12,15,22H,13-14,16H2,1H3,(H2,26,29)(H,27,28). The summed E-state index contributed by atoms with van der Waals surface area (Å²) >= 11 is 0. The van der Waals surface area contributed by atoms with Crippen molar-refractivity contribution in [3.63, 3.8) is 0 Å². The summed E-state index contributed by atoms with van der Waals surface area (Å²) in [6.07, 6.45) is -0.387. The van der Waals surface area contributed by atoms with Crippen molar-refractivity contribution in [3.05, 3.63) is 95.1 Å². The topological polar surface area (TPSA) is 98.8 Å². The summed E-state index contributed by atoms with van der Waals surface area (Å²) in [7, 11) is 0. The molecule has 0 radical (unpaired) electrons. The first kappa shape index (κ1) is 21.9. The van der Waals surface area contributed by atoms with Gasteiger partial charge in [0.2, 0.25) is 0 Å². The summed E-state index contributed by atoms with van der Waals surface area (Å²) in [4.78, 5) is 23.1. The van der Waals surface area contributed by atoms with Gasteiger partial charge in [0.15, 0.2) is 0 Å². The van der Waals surface area contributed by atoms with Gasteiger partial charge in [0.25, 0.3) is 5.91 Å². The Morgan fingerprint density at radius 1 is 1.00 bits per heavy atom. The van der Waals surface area contributed by atoms with Crippen molar-refractivity contribution < 1.29 is 24.2 Å². The second-order valence-electron chi connectivity index (χ2n) is 7.19. The van der Waals surface area contributed by atoms with Crippen molar-refractivity contribution in [1.82, 2.24) is 0 Å². The molecule has 3 rings (SSSR count).